The molecule has 0 aromatic carbocycles. The molecule has 0 spiro atoms. The number of carbonyl (C=O) groups is 1. The molecule has 1 rings (SSSR count). The summed E-state index contributed by atoms with van der Waals surface area (Å²) in [6.45, 7) is 4.77. The van der Waals surface area contributed by atoms with E-state index in [9.17, 15) is 9.90 Å². The SMILES string of the molecule is CC(C)(C)OC(=O)C1(CO)C=CC=C(B(O)O)C1. The van der Waals surface area contributed by atoms with Gasteiger partial charge in [-0.05, 0) is 32.7 Å². The molecule has 100 valence electrons. The smallest absolute Gasteiger partial charge is 0.459 e. The van der Waals surface area contributed by atoms with Gasteiger partial charge in [0.15, 0.2) is 0 Å². The Bertz CT molecular complexity index is 380. The van der Waals surface area contributed by atoms with Crippen LogP contribution in [0.25, 0.3) is 0 Å². The first-order chi connectivity index (χ1) is 8.20. The van der Waals surface area contributed by atoms with Crippen LogP contribution in [-0.4, -0.2) is 40.5 Å². The third-order valence-electron chi connectivity index (χ3n) is 2.66. The first kappa shape index (κ1) is 15.0. The monoisotopic (exact) mass is 254 g/mol. The van der Waals surface area contributed by atoms with Crippen LogP contribution in [0.4, 0.5) is 0 Å². The third-order valence-corrected chi connectivity index (χ3v) is 2.66. The third kappa shape index (κ3) is 3.44. The number of hydrogen-bond acceptors (Lipinski definition) is 5. The van der Waals surface area contributed by atoms with E-state index in [0.29, 0.717) is 0 Å². The molecule has 6 heteroatoms. The lowest BCUT2D eigenvalue weighted by Crippen LogP contribution is -2.41. The first-order valence-electron chi connectivity index (χ1n) is 5.79. The molecule has 1 aliphatic carbocycles. The van der Waals surface area contributed by atoms with Gasteiger partial charge in [0, 0.05) is 0 Å². The predicted octanol–water partition coefficient (Wildman–Crippen LogP) is 0.205. The van der Waals surface area contributed by atoms with Gasteiger partial charge in [0.05, 0.1) is 6.61 Å². The van der Waals surface area contributed by atoms with Crippen LogP contribution < -0.4 is 0 Å². The van der Waals surface area contributed by atoms with Gasteiger partial charge in [0.2, 0.25) is 0 Å². The van der Waals surface area contributed by atoms with Crippen LogP contribution in [0, 0.1) is 5.41 Å². The molecule has 0 heterocycles. The standard InChI is InChI=1S/C12H19BO5/c1-11(2,3)18-10(15)12(8-14)6-4-5-9(7-12)13(16)17/h4-6,14,16-17H,7-8H2,1-3H3. The highest BCUT2D eigenvalue weighted by Gasteiger charge is 2.42. The second-order valence-corrected chi connectivity index (χ2v) is 5.47. The number of rotatable bonds is 3. The van der Waals surface area contributed by atoms with Gasteiger partial charge in [-0.3, -0.25) is 4.79 Å². The number of aliphatic hydroxyl groups is 1. The molecule has 0 radical (unpaired) electrons. The van der Waals surface area contributed by atoms with Crippen LogP contribution in [0.5, 0.6) is 0 Å². The Labute approximate surface area is 107 Å². The second kappa shape index (κ2) is 5.26. The summed E-state index contributed by atoms with van der Waals surface area (Å²) >= 11 is 0. The molecule has 0 aromatic rings. The maximum Gasteiger partial charge on any atom is 0.484 e. The summed E-state index contributed by atoms with van der Waals surface area (Å²) in [5.74, 6) is -0.569. The number of aliphatic hydroxyl groups excluding tert-OH is 1. The Kier molecular flexibility index (Phi) is 4.37. The molecule has 0 aliphatic heterocycles. The molecule has 0 bridgehead atoms. The molecule has 0 amide bonds. The van der Waals surface area contributed by atoms with Gasteiger partial charge in [-0.15, -0.1) is 0 Å². The highest BCUT2D eigenvalue weighted by Crippen LogP contribution is 2.34. The summed E-state index contributed by atoms with van der Waals surface area (Å²) < 4.78 is 5.26. The fourth-order valence-electron chi connectivity index (χ4n) is 1.71. The summed E-state index contributed by atoms with van der Waals surface area (Å²) in [6.07, 6.45) is 4.61. The van der Waals surface area contributed by atoms with Gasteiger partial charge in [-0.2, -0.15) is 0 Å². The number of esters is 1. The second-order valence-electron chi connectivity index (χ2n) is 5.47. The average molecular weight is 254 g/mol. The van der Waals surface area contributed by atoms with E-state index in [2.05, 4.69) is 0 Å². The zero-order chi connectivity index (χ0) is 14.0. The van der Waals surface area contributed by atoms with Crippen LogP contribution >= 0.6 is 0 Å². The minimum absolute atomic E-state index is 0.0343. The fourth-order valence-corrected chi connectivity index (χ4v) is 1.71. The van der Waals surface area contributed by atoms with Crippen molar-refractivity contribution in [3.8, 4) is 0 Å². The first-order valence-corrected chi connectivity index (χ1v) is 5.79. The van der Waals surface area contributed by atoms with Gasteiger partial charge in [-0.25, -0.2) is 0 Å². The highest BCUT2D eigenvalue weighted by atomic mass is 16.6. The largest absolute Gasteiger partial charge is 0.484 e. The van der Waals surface area contributed by atoms with E-state index in [1.54, 1.807) is 20.8 Å². The molecule has 0 aromatic heterocycles. The van der Waals surface area contributed by atoms with E-state index in [4.69, 9.17) is 14.8 Å². The van der Waals surface area contributed by atoms with Crippen molar-refractivity contribution in [1.82, 2.24) is 0 Å². The minimum atomic E-state index is -1.64. The van der Waals surface area contributed by atoms with Crippen LogP contribution in [-0.2, 0) is 9.53 Å². The highest BCUT2D eigenvalue weighted by molar-refractivity contribution is 6.50. The maximum atomic E-state index is 12.1. The molecule has 0 saturated carbocycles. The summed E-state index contributed by atoms with van der Waals surface area (Å²) in [4.78, 5) is 12.1. The van der Waals surface area contributed by atoms with Crippen LogP contribution in [0.15, 0.2) is 23.7 Å². The Morgan fingerprint density at radius 3 is 2.56 bits per heavy atom. The molecule has 1 aliphatic rings. The number of hydrogen-bond donors (Lipinski definition) is 3. The molecule has 5 nitrogen and oxygen atoms in total. The van der Waals surface area contributed by atoms with Crippen molar-refractivity contribution < 1.29 is 24.7 Å². The van der Waals surface area contributed by atoms with Crippen molar-refractivity contribution in [2.24, 2.45) is 5.41 Å². The van der Waals surface area contributed by atoms with Gasteiger partial charge in [-0.1, -0.05) is 18.2 Å². The fraction of sp³-hybridized carbons (Fsp3) is 0.583. The molecule has 0 saturated heterocycles. The van der Waals surface area contributed by atoms with E-state index < -0.39 is 30.7 Å². The van der Waals surface area contributed by atoms with E-state index in [1.165, 1.54) is 18.2 Å². The summed E-state index contributed by atoms with van der Waals surface area (Å²) in [6, 6.07) is 0. The van der Waals surface area contributed by atoms with E-state index in [0.717, 1.165) is 0 Å². The van der Waals surface area contributed by atoms with Gasteiger partial charge in [0.1, 0.15) is 11.0 Å². The Morgan fingerprint density at radius 1 is 1.50 bits per heavy atom. The van der Waals surface area contributed by atoms with Gasteiger partial charge >= 0.3 is 13.1 Å². The molecular formula is C12H19BO5. The molecule has 0 fully saturated rings. The number of carbonyl (C=O) groups excluding carboxylic acids is 1. The molecule has 3 N–H and O–H groups in total. The molecule has 1 atom stereocenters. The van der Waals surface area contributed by atoms with Crippen molar-refractivity contribution >= 4 is 13.1 Å². The van der Waals surface area contributed by atoms with Crippen molar-refractivity contribution in [2.45, 2.75) is 32.8 Å². The van der Waals surface area contributed by atoms with Crippen molar-refractivity contribution in [1.29, 1.82) is 0 Å². The van der Waals surface area contributed by atoms with E-state index >= 15 is 0 Å². The normalized spacial score (nSPS) is 23.6. The van der Waals surface area contributed by atoms with Gasteiger partial charge < -0.3 is 19.9 Å². The molecule has 1 unspecified atom stereocenters. The molecule has 18 heavy (non-hydrogen) atoms. The Hall–Kier alpha value is -1.11. The van der Waals surface area contributed by atoms with Gasteiger partial charge in [0.25, 0.3) is 0 Å². The van der Waals surface area contributed by atoms with Crippen LogP contribution in [0.3, 0.4) is 0 Å². The van der Waals surface area contributed by atoms with Crippen LogP contribution in [0.1, 0.15) is 27.2 Å². The number of allylic oxidation sites excluding steroid dienone is 3. The Morgan fingerprint density at radius 2 is 2.11 bits per heavy atom. The van der Waals surface area contributed by atoms with E-state index in [-0.39, 0.29) is 11.9 Å². The van der Waals surface area contributed by atoms with E-state index in [1.807, 2.05) is 0 Å². The zero-order valence-electron chi connectivity index (χ0n) is 10.9. The Balaban J connectivity index is 2.92. The molecular weight excluding hydrogens is 235 g/mol. The van der Waals surface area contributed by atoms with Crippen LogP contribution in [0.2, 0.25) is 0 Å². The predicted molar refractivity (Wildman–Crippen MR) is 67.4 cm³/mol. The lowest BCUT2D eigenvalue weighted by molar-refractivity contribution is -0.166. The topological polar surface area (TPSA) is 87.0 Å². The quantitative estimate of drug-likeness (QED) is 0.495. The average Bonchev–Trinajstić information content (AvgIpc) is 2.26. The zero-order valence-corrected chi connectivity index (χ0v) is 10.9. The number of ether oxygens (including phenoxy) is 1. The van der Waals surface area contributed by atoms with Crippen molar-refractivity contribution in [2.75, 3.05) is 6.61 Å². The lowest BCUT2D eigenvalue weighted by Gasteiger charge is -2.32. The van der Waals surface area contributed by atoms with Crippen molar-refractivity contribution in [3.63, 3.8) is 0 Å². The minimum Gasteiger partial charge on any atom is -0.459 e. The lowest BCUT2D eigenvalue weighted by atomic mass is 9.67. The summed E-state index contributed by atoms with van der Waals surface area (Å²) in [7, 11) is -1.64. The van der Waals surface area contributed by atoms with Crippen molar-refractivity contribution in [3.05, 3.63) is 23.7 Å². The maximum absolute atomic E-state index is 12.1. The summed E-state index contributed by atoms with van der Waals surface area (Å²) in [5.41, 5.74) is -1.62. The summed E-state index contributed by atoms with van der Waals surface area (Å²) in [5, 5.41) is 27.7.